The molecule has 0 saturated heterocycles. The standard InChI is InChI=1S/C15H23NO/c1-4-13(10-16)15(17)9-12-5-7-14(8-6-12)11(2)3/h5-8,11,13H,4,9-10,16H2,1-3H3. The third-order valence-corrected chi connectivity index (χ3v) is 3.26. The van der Waals surface area contributed by atoms with Crippen molar-refractivity contribution >= 4 is 5.78 Å². The van der Waals surface area contributed by atoms with E-state index in [1.807, 2.05) is 6.92 Å². The molecule has 0 aliphatic rings. The van der Waals surface area contributed by atoms with Crippen molar-refractivity contribution in [1.82, 2.24) is 0 Å². The summed E-state index contributed by atoms with van der Waals surface area (Å²) in [6.45, 7) is 6.81. The number of hydrogen-bond acceptors (Lipinski definition) is 2. The van der Waals surface area contributed by atoms with E-state index in [-0.39, 0.29) is 11.7 Å². The molecule has 0 amide bonds. The average Bonchev–Trinajstić information content (AvgIpc) is 2.31. The van der Waals surface area contributed by atoms with E-state index >= 15 is 0 Å². The summed E-state index contributed by atoms with van der Waals surface area (Å²) in [5.74, 6) is 0.805. The van der Waals surface area contributed by atoms with E-state index in [4.69, 9.17) is 5.73 Å². The Bertz CT molecular complexity index is 350. The summed E-state index contributed by atoms with van der Waals surface area (Å²) in [5, 5.41) is 0. The Hall–Kier alpha value is -1.15. The number of ketones is 1. The second-order valence-electron chi connectivity index (χ2n) is 4.88. The molecule has 2 N–H and O–H groups in total. The Morgan fingerprint density at radius 3 is 2.24 bits per heavy atom. The van der Waals surface area contributed by atoms with Crippen LogP contribution in [-0.4, -0.2) is 12.3 Å². The van der Waals surface area contributed by atoms with Crippen LogP contribution >= 0.6 is 0 Å². The van der Waals surface area contributed by atoms with Crippen molar-refractivity contribution in [3.05, 3.63) is 35.4 Å². The molecule has 0 aliphatic heterocycles. The zero-order valence-corrected chi connectivity index (χ0v) is 11.1. The Balaban J connectivity index is 2.66. The second-order valence-corrected chi connectivity index (χ2v) is 4.88. The van der Waals surface area contributed by atoms with Gasteiger partial charge >= 0.3 is 0 Å². The van der Waals surface area contributed by atoms with Gasteiger partial charge in [0.2, 0.25) is 0 Å². The summed E-state index contributed by atoms with van der Waals surface area (Å²) in [5.41, 5.74) is 7.98. The molecule has 1 aromatic rings. The summed E-state index contributed by atoms with van der Waals surface area (Å²) < 4.78 is 0. The molecular weight excluding hydrogens is 210 g/mol. The van der Waals surface area contributed by atoms with Crippen molar-refractivity contribution in [2.75, 3.05) is 6.54 Å². The number of hydrogen-bond donors (Lipinski definition) is 1. The first-order chi connectivity index (χ1) is 8.08. The highest BCUT2D eigenvalue weighted by Crippen LogP contribution is 2.16. The third kappa shape index (κ3) is 3.97. The zero-order valence-electron chi connectivity index (χ0n) is 11.1. The summed E-state index contributed by atoms with van der Waals surface area (Å²) in [4.78, 5) is 11.9. The monoisotopic (exact) mass is 233 g/mol. The first-order valence-electron chi connectivity index (χ1n) is 6.40. The topological polar surface area (TPSA) is 43.1 Å². The predicted octanol–water partition coefficient (Wildman–Crippen LogP) is 2.91. The van der Waals surface area contributed by atoms with Gasteiger partial charge in [-0.05, 0) is 23.5 Å². The highest BCUT2D eigenvalue weighted by molar-refractivity contribution is 5.83. The number of nitrogens with two attached hydrogens (primary N) is 1. The van der Waals surface area contributed by atoms with Gasteiger partial charge < -0.3 is 5.73 Å². The molecule has 0 aromatic heterocycles. The van der Waals surface area contributed by atoms with Gasteiger partial charge in [0.25, 0.3) is 0 Å². The highest BCUT2D eigenvalue weighted by Gasteiger charge is 2.14. The summed E-state index contributed by atoms with van der Waals surface area (Å²) in [6.07, 6.45) is 1.34. The van der Waals surface area contributed by atoms with Crippen LogP contribution in [0.1, 0.15) is 44.2 Å². The molecule has 0 aliphatic carbocycles. The lowest BCUT2D eigenvalue weighted by Gasteiger charge is -2.11. The van der Waals surface area contributed by atoms with E-state index in [0.29, 0.717) is 18.9 Å². The molecule has 1 rings (SSSR count). The molecule has 0 heterocycles. The Labute approximate surface area is 104 Å². The molecule has 2 heteroatoms. The fraction of sp³-hybridized carbons (Fsp3) is 0.533. The van der Waals surface area contributed by atoms with E-state index in [1.165, 1.54) is 5.56 Å². The molecule has 0 radical (unpaired) electrons. The van der Waals surface area contributed by atoms with Gasteiger partial charge in [-0.1, -0.05) is 45.0 Å². The smallest absolute Gasteiger partial charge is 0.141 e. The molecule has 1 aromatic carbocycles. The van der Waals surface area contributed by atoms with Crippen LogP contribution in [0.25, 0.3) is 0 Å². The molecule has 0 saturated carbocycles. The highest BCUT2D eigenvalue weighted by atomic mass is 16.1. The van der Waals surface area contributed by atoms with Crippen molar-refractivity contribution in [1.29, 1.82) is 0 Å². The molecule has 0 bridgehead atoms. The number of rotatable bonds is 6. The van der Waals surface area contributed by atoms with Crippen molar-refractivity contribution in [2.45, 2.75) is 39.5 Å². The van der Waals surface area contributed by atoms with Gasteiger partial charge in [0.15, 0.2) is 0 Å². The van der Waals surface area contributed by atoms with Gasteiger partial charge in [0.05, 0.1) is 0 Å². The Morgan fingerprint density at radius 1 is 1.24 bits per heavy atom. The van der Waals surface area contributed by atoms with Gasteiger partial charge in [-0.2, -0.15) is 0 Å². The van der Waals surface area contributed by atoms with Crippen LogP contribution in [0.3, 0.4) is 0 Å². The normalized spacial score (nSPS) is 12.8. The summed E-state index contributed by atoms with van der Waals surface area (Å²) >= 11 is 0. The second kappa shape index (κ2) is 6.55. The average molecular weight is 233 g/mol. The van der Waals surface area contributed by atoms with Crippen molar-refractivity contribution in [3.63, 3.8) is 0 Å². The molecule has 2 nitrogen and oxygen atoms in total. The Kier molecular flexibility index (Phi) is 5.36. The van der Waals surface area contributed by atoms with Crippen LogP contribution in [0.5, 0.6) is 0 Å². The summed E-state index contributed by atoms with van der Waals surface area (Å²) in [6, 6.07) is 8.32. The van der Waals surface area contributed by atoms with E-state index in [2.05, 4.69) is 38.1 Å². The van der Waals surface area contributed by atoms with Crippen LogP contribution in [0.4, 0.5) is 0 Å². The molecule has 1 atom stereocenters. The number of carbonyl (C=O) groups is 1. The molecular formula is C15H23NO. The zero-order chi connectivity index (χ0) is 12.8. The molecule has 1 unspecified atom stereocenters. The van der Waals surface area contributed by atoms with Gasteiger partial charge in [0.1, 0.15) is 5.78 Å². The summed E-state index contributed by atoms with van der Waals surface area (Å²) in [7, 11) is 0. The fourth-order valence-corrected chi connectivity index (χ4v) is 1.89. The van der Waals surface area contributed by atoms with Gasteiger partial charge in [0, 0.05) is 18.9 Å². The lowest BCUT2D eigenvalue weighted by Crippen LogP contribution is -2.24. The number of benzene rings is 1. The van der Waals surface area contributed by atoms with Gasteiger partial charge in [-0.3, -0.25) is 4.79 Å². The van der Waals surface area contributed by atoms with Crippen LogP contribution in [0, 0.1) is 5.92 Å². The first kappa shape index (κ1) is 13.9. The van der Waals surface area contributed by atoms with E-state index in [1.54, 1.807) is 0 Å². The van der Waals surface area contributed by atoms with Gasteiger partial charge in [-0.15, -0.1) is 0 Å². The fourth-order valence-electron chi connectivity index (χ4n) is 1.89. The van der Waals surface area contributed by atoms with Crippen molar-refractivity contribution < 1.29 is 4.79 Å². The minimum atomic E-state index is 0.0137. The minimum absolute atomic E-state index is 0.0137. The lowest BCUT2D eigenvalue weighted by molar-refractivity contribution is -0.122. The molecule has 0 fully saturated rings. The van der Waals surface area contributed by atoms with E-state index in [9.17, 15) is 4.79 Å². The maximum atomic E-state index is 11.9. The van der Waals surface area contributed by atoms with Crippen LogP contribution in [0.2, 0.25) is 0 Å². The molecule has 94 valence electrons. The minimum Gasteiger partial charge on any atom is -0.330 e. The van der Waals surface area contributed by atoms with Crippen LogP contribution < -0.4 is 5.73 Å². The maximum Gasteiger partial charge on any atom is 0.141 e. The van der Waals surface area contributed by atoms with Crippen LogP contribution in [-0.2, 0) is 11.2 Å². The van der Waals surface area contributed by atoms with Gasteiger partial charge in [-0.25, -0.2) is 0 Å². The first-order valence-corrected chi connectivity index (χ1v) is 6.40. The maximum absolute atomic E-state index is 11.9. The largest absolute Gasteiger partial charge is 0.330 e. The van der Waals surface area contributed by atoms with Crippen molar-refractivity contribution in [2.24, 2.45) is 11.7 Å². The number of carbonyl (C=O) groups excluding carboxylic acids is 1. The Morgan fingerprint density at radius 2 is 1.82 bits per heavy atom. The third-order valence-electron chi connectivity index (χ3n) is 3.26. The molecule has 0 spiro atoms. The molecule has 17 heavy (non-hydrogen) atoms. The van der Waals surface area contributed by atoms with E-state index < -0.39 is 0 Å². The SMILES string of the molecule is CCC(CN)C(=O)Cc1ccc(C(C)C)cc1. The lowest BCUT2D eigenvalue weighted by atomic mass is 9.94. The quantitative estimate of drug-likeness (QED) is 0.821. The van der Waals surface area contributed by atoms with Crippen LogP contribution in [0.15, 0.2) is 24.3 Å². The van der Waals surface area contributed by atoms with E-state index in [0.717, 1.165) is 12.0 Å². The predicted molar refractivity (Wildman–Crippen MR) is 72.1 cm³/mol. The van der Waals surface area contributed by atoms with Crippen molar-refractivity contribution in [3.8, 4) is 0 Å². The number of Topliss-reactive ketones (excluding diaryl/α,β-unsaturated/α-hetero) is 1.